The number of phenols is 1. The normalized spacial score (nSPS) is 10.8. The Labute approximate surface area is 112 Å². The molecule has 0 aliphatic rings. The number of hydrogen-bond acceptors (Lipinski definition) is 5. The molecule has 1 rings (SSSR count). The van der Waals surface area contributed by atoms with E-state index in [1.807, 2.05) is 4.72 Å². The third-order valence-corrected chi connectivity index (χ3v) is 3.11. The molecule has 1 aromatic carbocycles. The molecule has 0 bridgehead atoms. The zero-order valence-electron chi connectivity index (χ0n) is 9.31. The fourth-order valence-corrected chi connectivity index (χ4v) is 2.17. The Morgan fingerprint density at radius 3 is 2.78 bits per heavy atom. The van der Waals surface area contributed by atoms with Gasteiger partial charge in [0.05, 0.1) is 12.3 Å². The van der Waals surface area contributed by atoms with E-state index in [2.05, 4.69) is 20.7 Å². The summed E-state index contributed by atoms with van der Waals surface area (Å²) in [5, 5.41) is 9.44. The number of phenolic OH excluding ortho intramolecular Hbond substituents is 1. The first-order chi connectivity index (χ1) is 8.34. The number of hydrogen-bond donors (Lipinski definition) is 3. The van der Waals surface area contributed by atoms with E-state index in [1.165, 1.54) is 18.2 Å². The Hall–Kier alpha value is -1.48. The van der Waals surface area contributed by atoms with Crippen LogP contribution in [0.5, 0.6) is 5.75 Å². The first-order valence-electron chi connectivity index (χ1n) is 4.80. The topological polar surface area (TPSA) is 105 Å². The monoisotopic (exact) mass is 338 g/mol. The average molecular weight is 339 g/mol. The lowest BCUT2D eigenvalue weighted by atomic mass is 10.3. The lowest BCUT2D eigenvalue weighted by Crippen LogP contribution is -2.35. The van der Waals surface area contributed by atoms with Crippen molar-refractivity contribution in [3.8, 4) is 5.75 Å². The summed E-state index contributed by atoms with van der Waals surface area (Å²) in [4.78, 5) is 11.0. The summed E-state index contributed by atoms with van der Waals surface area (Å²) in [6.07, 6.45) is -1.10. The molecule has 0 saturated heterocycles. The molecule has 18 heavy (non-hydrogen) atoms. The largest absolute Gasteiger partial charge is 0.506 e. The maximum Gasteiger partial charge on any atom is 0.422 e. The Morgan fingerprint density at radius 2 is 2.17 bits per heavy atom. The van der Waals surface area contributed by atoms with Crippen molar-refractivity contribution in [3.63, 3.8) is 0 Å². The Morgan fingerprint density at radius 1 is 1.50 bits per heavy atom. The van der Waals surface area contributed by atoms with Crippen molar-refractivity contribution in [1.29, 1.82) is 0 Å². The van der Waals surface area contributed by atoms with E-state index in [1.54, 1.807) is 11.6 Å². The van der Waals surface area contributed by atoms with Gasteiger partial charge in [0, 0.05) is 4.47 Å². The van der Waals surface area contributed by atoms with Crippen LogP contribution >= 0.6 is 15.9 Å². The summed E-state index contributed by atoms with van der Waals surface area (Å²) in [5.41, 5.74) is -0.0684. The quantitative estimate of drug-likeness (QED) is 0.722. The highest BCUT2D eigenvalue weighted by atomic mass is 79.9. The van der Waals surface area contributed by atoms with Crippen molar-refractivity contribution in [2.75, 3.05) is 11.3 Å². The van der Waals surface area contributed by atoms with Crippen LogP contribution in [0.2, 0.25) is 0 Å². The molecule has 9 heteroatoms. The van der Waals surface area contributed by atoms with E-state index in [-0.39, 0.29) is 18.0 Å². The van der Waals surface area contributed by atoms with Gasteiger partial charge in [0.15, 0.2) is 0 Å². The first-order valence-corrected chi connectivity index (χ1v) is 7.07. The molecule has 100 valence electrons. The number of carbonyl (C=O) groups excluding carboxylic acids is 1. The van der Waals surface area contributed by atoms with Crippen molar-refractivity contribution >= 4 is 37.9 Å². The van der Waals surface area contributed by atoms with Crippen LogP contribution in [0.4, 0.5) is 10.5 Å². The molecule has 1 aromatic rings. The summed E-state index contributed by atoms with van der Waals surface area (Å²) < 4.78 is 31.6. The van der Waals surface area contributed by atoms with Crippen LogP contribution in [-0.4, -0.2) is 26.2 Å². The molecule has 3 N–H and O–H groups in total. The van der Waals surface area contributed by atoms with Crippen molar-refractivity contribution in [1.82, 2.24) is 4.72 Å². The number of amides is 1. The maximum atomic E-state index is 11.5. The molecule has 0 fully saturated rings. The van der Waals surface area contributed by atoms with Crippen LogP contribution in [0, 0.1) is 0 Å². The number of carbonyl (C=O) groups is 1. The predicted molar refractivity (Wildman–Crippen MR) is 68.5 cm³/mol. The number of ether oxygens (including phenoxy) is 1. The minimum Gasteiger partial charge on any atom is -0.506 e. The summed E-state index contributed by atoms with van der Waals surface area (Å²) in [6, 6.07) is 4.18. The third-order valence-electron chi connectivity index (χ3n) is 1.70. The minimum absolute atomic E-state index is 0.0451. The number of benzene rings is 1. The molecular weight excluding hydrogens is 328 g/mol. The summed E-state index contributed by atoms with van der Waals surface area (Å²) >= 11 is 3.12. The zero-order valence-corrected chi connectivity index (χ0v) is 11.7. The SMILES string of the molecule is CCOC(=O)NS(=O)(=O)Nc1cc(Br)ccc1O. The number of rotatable bonds is 4. The van der Waals surface area contributed by atoms with Crippen LogP contribution in [-0.2, 0) is 14.9 Å². The maximum absolute atomic E-state index is 11.5. The van der Waals surface area contributed by atoms with Gasteiger partial charge in [-0.1, -0.05) is 15.9 Å². The average Bonchev–Trinajstić information content (AvgIpc) is 2.22. The second-order valence-corrected chi connectivity index (χ2v) is 5.42. The second kappa shape index (κ2) is 5.91. The Balaban J connectivity index is 2.82. The van der Waals surface area contributed by atoms with Gasteiger partial charge in [0.2, 0.25) is 0 Å². The molecule has 0 atom stereocenters. The molecule has 7 nitrogen and oxygen atoms in total. The molecule has 0 aliphatic heterocycles. The molecule has 0 spiro atoms. The smallest absolute Gasteiger partial charge is 0.422 e. The van der Waals surface area contributed by atoms with Gasteiger partial charge in [-0.2, -0.15) is 8.42 Å². The number of nitrogens with one attached hydrogen (secondary N) is 2. The van der Waals surface area contributed by atoms with E-state index >= 15 is 0 Å². The third kappa shape index (κ3) is 4.41. The van der Waals surface area contributed by atoms with Gasteiger partial charge in [-0.25, -0.2) is 9.52 Å². The fourth-order valence-electron chi connectivity index (χ4n) is 1.03. The number of aromatic hydroxyl groups is 1. The fraction of sp³-hybridized carbons (Fsp3) is 0.222. The molecule has 1 amide bonds. The van der Waals surface area contributed by atoms with Gasteiger partial charge in [-0.15, -0.1) is 0 Å². The van der Waals surface area contributed by atoms with Gasteiger partial charge in [-0.05, 0) is 25.1 Å². The van der Waals surface area contributed by atoms with Crippen molar-refractivity contribution in [2.24, 2.45) is 0 Å². The van der Waals surface area contributed by atoms with Crippen molar-refractivity contribution in [3.05, 3.63) is 22.7 Å². The van der Waals surface area contributed by atoms with E-state index < -0.39 is 16.3 Å². The first kappa shape index (κ1) is 14.6. The lowest BCUT2D eigenvalue weighted by Gasteiger charge is -2.10. The van der Waals surface area contributed by atoms with Crippen LogP contribution in [0.1, 0.15) is 6.92 Å². The molecule has 0 saturated carbocycles. The lowest BCUT2D eigenvalue weighted by molar-refractivity contribution is 0.159. The van der Waals surface area contributed by atoms with Crippen LogP contribution in [0.3, 0.4) is 0 Å². The summed E-state index contributed by atoms with van der Waals surface area (Å²) in [7, 11) is -4.15. The summed E-state index contributed by atoms with van der Waals surface area (Å²) in [6.45, 7) is 1.59. The van der Waals surface area contributed by atoms with Gasteiger partial charge < -0.3 is 9.84 Å². The van der Waals surface area contributed by atoms with Gasteiger partial charge in [-0.3, -0.25) is 4.72 Å². The summed E-state index contributed by atoms with van der Waals surface area (Å²) in [5.74, 6) is -0.271. The van der Waals surface area contributed by atoms with Crippen LogP contribution < -0.4 is 9.44 Å². The van der Waals surface area contributed by atoms with Gasteiger partial charge in [0.1, 0.15) is 5.75 Å². The van der Waals surface area contributed by atoms with E-state index in [9.17, 15) is 18.3 Å². The molecule has 0 aromatic heterocycles. The van der Waals surface area contributed by atoms with Crippen molar-refractivity contribution < 1.29 is 23.1 Å². The highest BCUT2D eigenvalue weighted by molar-refractivity contribution is 9.10. The molecule has 0 radical (unpaired) electrons. The zero-order chi connectivity index (χ0) is 13.8. The Kier molecular flexibility index (Phi) is 4.79. The van der Waals surface area contributed by atoms with Crippen LogP contribution in [0.25, 0.3) is 0 Å². The molecule has 0 unspecified atom stereocenters. The van der Waals surface area contributed by atoms with E-state index in [0.29, 0.717) is 4.47 Å². The number of anilines is 1. The van der Waals surface area contributed by atoms with Gasteiger partial charge in [0.25, 0.3) is 0 Å². The standard InChI is InChI=1S/C9H11BrN2O5S/c1-2-17-9(14)12-18(15,16)11-7-5-6(10)3-4-8(7)13/h3-5,11,13H,2H2,1H3,(H,12,14). The highest BCUT2D eigenvalue weighted by Gasteiger charge is 2.16. The van der Waals surface area contributed by atoms with Gasteiger partial charge >= 0.3 is 16.3 Å². The molecule has 0 aliphatic carbocycles. The van der Waals surface area contributed by atoms with Crippen LogP contribution in [0.15, 0.2) is 22.7 Å². The second-order valence-electron chi connectivity index (χ2n) is 3.09. The molecule has 0 heterocycles. The molecular formula is C9H11BrN2O5S. The predicted octanol–water partition coefficient (Wildman–Crippen LogP) is 1.56. The highest BCUT2D eigenvalue weighted by Crippen LogP contribution is 2.27. The Bertz CT molecular complexity index is 546. The van der Waals surface area contributed by atoms with E-state index in [4.69, 9.17) is 0 Å². The van der Waals surface area contributed by atoms with E-state index in [0.717, 1.165) is 0 Å². The number of halogens is 1. The minimum atomic E-state index is -4.15. The van der Waals surface area contributed by atoms with Crippen molar-refractivity contribution in [2.45, 2.75) is 6.92 Å².